The molecule has 0 aromatic rings. The fourth-order valence-electron chi connectivity index (χ4n) is 0. The van der Waals surface area contributed by atoms with Crippen LogP contribution < -0.4 is 0 Å². The number of rotatable bonds is 0. The summed E-state index contributed by atoms with van der Waals surface area (Å²) in [6.07, 6.45) is 0. The molecule has 39 valence electrons. The molecule has 0 aromatic carbocycles. The van der Waals surface area contributed by atoms with E-state index in [1.54, 1.807) is 0 Å². The van der Waals surface area contributed by atoms with Crippen molar-refractivity contribution in [1.82, 2.24) is 0 Å². The Morgan fingerprint density at radius 1 is 1.43 bits per heavy atom. The van der Waals surface area contributed by atoms with E-state index in [0.717, 1.165) is 0 Å². The summed E-state index contributed by atoms with van der Waals surface area (Å²) in [7, 11) is -3.13. The Morgan fingerprint density at radius 2 is 1.43 bits per heavy atom. The first-order valence-corrected chi connectivity index (χ1v) is 1.95. The van der Waals surface area contributed by atoms with Crippen LogP contribution in [0.5, 0.6) is 0 Å². The zero-order valence-corrected chi connectivity index (χ0v) is 9.63. The topological polar surface area (TPSA) is 57.5 Å². The van der Waals surface area contributed by atoms with Crippen LogP contribution in [-0.2, 0) is 26.8 Å². The second kappa shape index (κ2) is 15.8. The van der Waals surface area contributed by atoms with Gasteiger partial charge >= 0.3 is 74.4 Å². The maximum absolute atomic E-state index is 8.74. The van der Waals surface area contributed by atoms with Gasteiger partial charge in [0.25, 0.3) is 0 Å². The smallest absolute Gasteiger partial charge is 1.00 e. The van der Waals surface area contributed by atoms with Crippen LogP contribution in [0, 0.1) is 0 Å². The van der Waals surface area contributed by atoms with E-state index in [-0.39, 0.29) is 90.5 Å². The van der Waals surface area contributed by atoms with Crippen molar-refractivity contribution in [2.45, 2.75) is 0 Å². The van der Waals surface area contributed by atoms with Gasteiger partial charge in [0, 0.05) is 22.4 Å². The van der Waals surface area contributed by atoms with Gasteiger partial charge in [-0.3, -0.25) is 4.46 Å². The largest absolute Gasteiger partial charge is 2.00 e. The van der Waals surface area contributed by atoms with Crippen LogP contribution in [0.3, 0.4) is 0 Å². The molecule has 0 saturated heterocycles. The Morgan fingerprint density at radius 3 is 1.43 bits per heavy atom. The summed E-state index contributed by atoms with van der Waals surface area (Å²) in [6, 6.07) is 0. The molecule has 2 N–H and O–H groups in total. The van der Waals surface area contributed by atoms with Crippen molar-refractivity contribution >= 4 is 74.4 Å². The van der Waals surface area contributed by atoms with E-state index in [1.807, 2.05) is 0 Å². The molecule has 3 nitrogen and oxygen atoms in total. The summed E-state index contributed by atoms with van der Waals surface area (Å²) >= 11 is 0. The van der Waals surface area contributed by atoms with Crippen LogP contribution in [0.4, 0.5) is 0 Å². The van der Waals surface area contributed by atoms with E-state index in [0.29, 0.717) is 0 Å². The molecule has 7 heteroatoms. The maximum atomic E-state index is 8.74. The van der Waals surface area contributed by atoms with Crippen molar-refractivity contribution in [2.24, 2.45) is 0 Å². The van der Waals surface area contributed by atoms with Crippen molar-refractivity contribution in [3.05, 3.63) is 0 Å². The number of hydrogen-bond acceptors (Lipinski definition) is 1. The minimum atomic E-state index is -3.13. The second-order valence-electron chi connectivity index (χ2n) is 0.283. The molecule has 0 aliphatic carbocycles. The molecule has 0 bridgehead atoms. The van der Waals surface area contributed by atoms with E-state index in [2.05, 4.69) is 0 Å². The van der Waals surface area contributed by atoms with Crippen LogP contribution in [0.25, 0.3) is 0 Å². The van der Waals surface area contributed by atoms with Crippen molar-refractivity contribution in [3.8, 4) is 0 Å². The van der Waals surface area contributed by atoms with E-state index < -0.39 is 9.17 Å². The summed E-state index contributed by atoms with van der Waals surface area (Å²) in [4.78, 5) is 14.3. The minimum absolute atomic E-state index is 0. The van der Waals surface area contributed by atoms with E-state index in [9.17, 15) is 0 Å². The van der Waals surface area contributed by atoms with E-state index in [4.69, 9.17) is 14.1 Å². The molecule has 7 heavy (non-hydrogen) atoms. The van der Waals surface area contributed by atoms with Gasteiger partial charge in [0.2, 0.25) is 0 Å². The Balaban J connectivity index is -0.00000000450. The molecule has 0 spiro atoms. The molecule has 0 heterocycles. The van der Waals surface area contributed by atoms with Crippen LogP contribution in [-0.4, -0.2) is 84.0 Å². The molecule has 0 fully saturated rings. The third-order valence-electron chi connectivity index (χ3n) is 0. The van der Waals surface area contributed by atoms with Crippen molar-refractivity contribution in [3.63, 3.8) is 0 Å². The van der Waals surface area contributed by atoms with Gasteiger partial charge in [-0.2, -0.15) is 0 Å². The van der Waals surface area contributed by atoms with Crippen LogP contribution in [0.2, 0.25) is 0 Å². The maximum Gasteiger partial charge on any atom is 2.00 e. The van der Waals surface area contributed by atoms with Crippen molar-refractivity contribution < 1.29 is 39.3 Å². The zero-order chi connectivity index (χ0) is 3.58. The predicted molar refractivity (Wildman–Crippen MR) is 28.8 cm³/mol. The third-order valence-corrected chi connectivity index (χ3v) is 0. The van der Waals surface area contributed by atoms with E-state index in [1.165, 1.54) is 0 Å². The fourth-order valence-corrected chi connectivity index (χ4v) is 0. The van der Waals surface area contributed by atoms with Gasteiger partial charge in [-0.1, -0.05) is 0 Å². The summed E-state index contributed by atoms with van der Waals surface area (Å²) in [6.45, 7) is 0. The fraction of sp³-hybridized carbons (Fsp3) is 0. The molecule has 0 aromatic heterocycles. The molecule has 0 aliphatic heterocycles. The monoisotopic (exact) mass is 333 g/mol. The first-order valence-electron chi connectivity index (χ1n) is 0.651. The van der Waals surface area contributed by atoms with Crippen LogP contribution in [0.15, 0.2) is 0 Å². The quantitative estimate of drug-likeness (QED) is 0.466. The van der Waals surface area contributed by atoms with Crippen LogP contribution in [0.1, 0.15) is 2.85 Å². The Labute approximate surface area is 112 Å². The molecular formula is H7GaNbO3SiSr. The summed E-state index contributed by atoms with van der Waals surface area (Å²) < 4.78 is 8.74. The van der Waals surface area contributed by atoms with Crippen molar-refractivity contribution in [2.75, 3.05) is 0 Å². The van der Waals surface area contributed by atoms with Gasteiger partial charge in [0.15, 0.2) is 0 Å². The second-order valence-corrected chi connectivity index (χ2v) is 0.848. The first kappa shape index (κ1) is 22.7. The minimum Gasteiger partial charge on any atom is -1.00 e. The molecule has 0 rings (SSSR count). The standard InChI is InChI=1S/Ga.Nb.H2O3Si.Sr.5H/c;;1-4(2)3;;;;;;/h;;1-2H;;;;;;/q;;;+2;;;;2*-1. The van der Waals surface area contributed by atoms with Gasteiger partial charge in [-0.05, 0) is 0 Å². The summed E-state index contributed by atoms with van der Waals surface area (Å²) in [5, 5.41) is 0. The summed E-state index contributed by atoms with van der Waals surface area (Å²) in [5.41, 5.74) is 0. The molecule has 0 aliphatic rings. The summed E-state index contributed by atoms with van der Waals surface area (Å²) in [5.74, 6) is 0. The molecule has 0 atom stereocenters. The van der Waals surface area contributed by atoms with E-state index >= 15 is 0 Å². The van der Waals surface area contributed by atoms with Gasteiger partial charge in [0.1, 0.15) is 0 Å². The first-order chi connectivity index (χ1) is 1.73. The van der Waals surface area contributed by atoms with Crippen molar-refractivity contribution in [1.29, 1.82) is 0 Å². The molecule has 0 saturated carbocycles. The SMILES string of the molecule is O=[Si](O)O.[GaH3].[H-].[H-].[Nb].[Sr+2]. The molecular weight excluding hydrogens is 326 g/mol. The number of hydrogen-bond donors (Lipinski definition) is 2. The molecule has 1 radical (unpaired) electrons. The van der Waals surface area contributed by atoms with Gasteiger partial charge < -0.3 is 12.4 Å². The Hall–Kier alpha value is 2.47. The third kappa shape index (κ3) is 58.0. The Bertz CT molecular complexity index is 44.8. The normalized spacial score (nSPS) is 3.43. The van der Waals surface area contributed by atoms with Crippen LogP contribution >= 0.6 is 0 Å². The Kier molecular flexibility index (Phi) is 51.2. The zero-order valence-electron chi connectivity index (χ0n) is 4.96. The predicted octanol–water partition coefficient (Wildman–Crippen LogP) is -2.96. The van der Waals surface area contributed by atoms with Gasteiger partial charge in [-0.15, -0.1) is 0 Å². The average Bonchev–Trinajstić information content (AvgIpc) is 0.811. The van der Waals surface area contributed by atoms with Gasteiger partial charge in [0.05, 0.1) is 0 Å². The molecule has 0 amide bonds. The van der Waals surface area contributed by atoms with Gasteiger partial charge in [-0.25, -0.2) is 0 Å². The average molecular weight is 333 g/mol. The molecule has 0 unspecified atom stereocenters.